The predicted molar refractivity (Wildman–Crippen MR) is 86.2 cm³/mol. The zero-order chi connectivity index (χ0) is 14.9. The van der Waals surface area contributed by atoms with Crippen LogP contribution in [-0.2, 0) is 6.54 Å². The van der Waals surface area contributed by atoms with Crippen molar-refractivity contribution >= 4 is 0 Å². The van der Waals surface area contributed by atoms with Crippen LogP contribution in [0.2, 0.25) is 0 Å². The van der Waals surface area contributed by atoms with Crippen LogP contribution in [0.25, 0.3) is 0 Å². The van der Waals surface area contributed by atoms with Gasteiger partial charge in [0.05, 0.1) is 21.1 Å². The number of benzene rings is 1. The van der Waals surface area contributed by atoms with Gasteiger partial charge in [-0.1, -0.05) is 52.0 Å². The van der Waals surface area contributed by atoms with E-state index in [1.165, 1.54) is 17.5 Å². The summed E-state index contributed by atoms with van der Waals surface area (Å²) in [5, 5.41) is 3.48. The average molecular weight is 265 g/mol. The van der Waals surface area contributed by atoms with Crippen molar-refractivity contribution in [1.82, 2.24) is 5.32 Å². The minimum atomic E-state index is 0.670. The van der Waals surface area contributed by atoms with Gasteiger partial charge in [0.1, 0.15) is 6.67 Å². The Kier molecular flexibility index (Phi) is 8.70. The minimum absolute atomic E-state index is 0.670. The van der Waals surface area contributed by atoms with Crippen molar-refractivity contribution in [3.05, 3.63) is 35.4 Å². The molecule has 1 unspecified atom stereocenters. The fourth-order valence-corrected chi connectivity index (χ4v) is 1.74. The highest BCUT2D eigenvalue weighted by atomic mass is 15.3. The van der Waals surface area contributed by atoms with Crippen molar-refractivity contribution in [2.45, 2.75) is 46.6 Å². The first-order valence-electron chi connectivity index (χ1n) is 7.52. The Hall–Kier alpha value is -0.860. The molecule has 1 aromatic rings. The molecule has 0 aliphatic heterocycles. The van der Waals surface area contributed by atoms with Crippen LogP contribution in [0.15, 0.2) is 24.3 Å². The lowest BCUT2D eigenvalue weighted by Crippen LogP contribution is -2.42. The molecule has 1 N–H and O–H groups in total. The summed E-state index contributed by atoms with van der Waals surface area (Å²) in [6.07, 6.45) is 1.21. The molecule has 0 aliphatic rings. The molecule has 1 atom stereocenters. The van der Waals surface area contributed by atoms with Crippen molar-refractivity contribution < 1.29 is 4.48 Å². The molecule has 0 spiro atoms. The van der Waals surface area contributed by atoms with Crippen molar-refractivity contribution in [1.29, 1.82) is 0 Å². The Morgan fingerprint density at radius 1 is 1.05 bits per heavy atom. The van der Waals surface area contributed by atoms with Crippen LogP contribution in [-0.4, -0.2) is 32.3 Å². The Morgan fingerprint density at radius 2 is 1.58 bits per heavy atom. The Labute approximate surface area is 120 Å². The minimum Gasteiger partial charge on any atom is -0.319 e. The summed E-state index contributed by atoms with van der Waals surface area (Å²) in [5.74, 6) is 0.670. The maximum absolute atomic E-state index is 3.48. The molecule has 0 saturated carbocycles. The fourth-order valence-electron chi connectivity index (χ4n) is 1.74. The van der Waals surface area contributed by atoms with Crippen LogP contribution >= 0.6 is 0 Å². The second-order valence-corrected chi connectivity index (χ2v) is 5.93. The fraction of sp³-hybridized carbons (Fsp3) is 0.647. The SMILES string of the molecule is CC.CCC(C)c1ccc(CNC[N+](C)(C)C)cc1. The summed E-state index contributed by atoms with van der Waals surface area (Å²) in [7, 11) is 6.58. The number of nitrogens with zero attached hydrogens (tertiary/aromatic N) is 1. The molecule has 0 bridgehead atoms. The van der Waals surface area contributed by atoms with Crippen LogP contribution in [0, 0.1) is 0 Å². The number of quaternary nitrogens is 1. The topological polar surface area (TPSA) is 12.0 Å². The van der Waals surface area contributed by atoms with Gasteiger partial charge in [0.25, 0.3) is 0 Å². The van der Waals surface area contributed by atoms with Gasteiger partial charge in [-0.15, -0.1) is 0 Å². The third-order valence-corrected chi connectivity index (χ3v) is 3.08. The molecule has 0 fully saturated rings. The summed E-state index contributed by atoms with van der Waals surface area (Å²) >= 11 is 0. The molecule has 1 aromatic carbocycles. The summed E-state index contributed by atoms with van der Waals surface area (Å²) < 4.78 is 0.949. The third-order valence-electron chi connectivity index (χ3n) is 3.08. The molecule has 0 heterocycles. The van der Waals surface area contributed by atoms with E-state index in [0.717, 1.165) is 17.7 Å². The molecule has 0 saturated heterocycles. The summed E-state index contributed by atoms with van der Waals surface area (Å²) in [6.45, 7) is 10.5. The van der Waals surface area contributed by atoms with Gasteiger partial charge in [0.2, 0.25) is 0 Å². The third kappa shape index (κ3) is 8.02. The quantitative estimate of drug-likeness (QED) is 0.606. The zero-order valence-electron chi connectivity index (χ0n) is 14.0. The lowest BCUT2D eigenvalue weighted by atomic mass is 9.98. The van der Waals surface area contributed by atoms with Crippen LogP contribution < -0.4 is 5.32 Å². The van der Waals surface area contributed by atoms with Gasteiger partial charge in [-0.25, -0.2) is 0 Å². The first kappa shape index (κ1) is 18.1. The molecule has 19 heavy (non-hydrogen) atoms. The number of hydrogen-bond acceptors (Lipinski definition) is 1. The van der Waals surface area contributed by atoms with Crippen LogP contribution in [0.4, 0.5) is 0 Å². The van der Waals surface area contributed by atoms with Gasteiger partial charge in [0.15, 0.2) is 0 Å². The van der Waals surface area contributed by atoms with Gasteiger partial charge < -0.3 is 4.48 Å². The van der Waals surface area contributed by atoms with Crippen molar-refractivity contribution in [3.63, 3.8) is 0 Å². The van der Waals surface area contributed by atoms with E-state index >= 15 is 0 Å². The Morgan fingerprint density at radius 3 is 2.00 bits per heavy atom. The lowest BCUT2D eigenvalue weighted by Gasteiger charge is -2.24. The van der Waals surface area contributed by atoms with Gasteiger partial charge in [0, 0.05) is 6.54 Å². The monoisotopic (exact) mass is 265 g/mol. The van der Waals surface area contributed by atoms with Gasteiger partial charge in [-0.05, 0) is 23.5 Å². The van der Waals surface area contributed by atoms with E-state index in [4.69, 9.17) is 0 Å². The van der Waals surface area contributed by atoms with Crippen molar-refractivity contribution in [2.24, 2.45) is 0 Å². The molecule has 2 nitrogen and oxygen atoms in total. The van der Waals surface area contributed by atoms with E-state index in [-0.39, 0.29) is 0 Å². The van der Waals surface area contributed by atoms with E-state index in [2.05, 4.69) is 64.6 Å². The molecule has 0 aromatic heterocycles. The predicted octanol–water partition coefficient (Wildman–Crippen LogP) is 3.98. The smallest absolute Gasteiger partial charge is 0.132 e. The van der Waals surface area contributed by atoms with Gasteiger partial charge >= 0.3 is 0 Å². The standard InChI is InChI=1S/C15H27N2.C2H6/c1-6-13(2)15-9-7-14(8-10-15)11-16-12-17(3,4)5;1-2/h7-10,13,16H,6,11-12H2,1-5H3;1-2H3/q+1;. The lowest BCUT2D eigenvalue weighted by molar-refractivity contribution is -0.873. The van der Waals surface area contributed by atoms with Crippen LogP contribution in [0.5, 0.6) is 0 Å². The molecular formula is C17H33N2+. The summed E-state index contributed by atoms with van der Waals surface area (Å²) in [5.41, 5.74) is 2.81. The van der Waals surface area contributed by atoms with E-state index in [1.54, 1.807) is 0 Å². The molecule has 1 rings (SSSR count). The van der Waals surface area contributed by atoms with E-state index in [9.17, 15) is 0 Å². The zero-order valence-corrected chi connectivity index (χ0v) is 14.0. The molecule has 2 heteroatoms. The number of nitrogens with one attached hydrogen (secondary N) is 1. The van der Waals surface area contributed by atoms with Crippen LogP contribution in [0.1, 0.15) is 51.2 Å². The largest absolute Gasteiger partial charge is 0.319 e. The van der Waals surface area contributed by atoms with Crippen molar-refractivity contribution in [2.75, 3.05) is 27.8 Å². The summed E-state index contributed by atoms with van der Waals surface area (Å²) in [6, 6.07) is 9.00. The highest BCUT2D eigenvalue weighted by Gasteiger charge is 2.06. The molecule has 0 aliphatic carbocycles. The molecule has 0 amide bonds. The number of rotatable bonds is 6. The highest BCUT2D eigenvalue weighted by molar-refractivity contribution is 5.24. The normalized spacial score (nSPS) is 12.6. The summed E-state index contributed by atoms with van der Waals surface area (Å²) in [4.78, 5) is 0. The molecule has 0 radical (unpaired) electrons. The molecule has 110 valence electrons. The first-order chi connectivity index (χ1) is 8.92. The second-order valence-electron chi connectivity index (χ2n) is 5.93. The van der Waals surface area contributed by atoms with Gasteiger partial charge in [-0.2, -0.15) is 0 Å². The number of hydrogen-bond donors (Lipinski definition) is 1. The second kappa shape index (κ2) is 9.11. The van der Waals surface area contributed by atoms with E-state index < -0.39 is 0 Å². The maximum atomic E-state index is 3.48. The molecular weight excluding hydrogens is 232 g/mol. The maximum Gasteiger partial charge on any atom is 0.132 e. The Balaban J connectivity index is 0.00000154. The van der Waals surface area contributed by atoms with E-state index in [0.29, 0.717) is 5.92 Å². The first-order valence-corrected chi connectivity index (χ1v) is 7.52. The van der Waals surface area contributed by atoms with Gasteiger partial charge in [-0.3, -0.25) is 5.32 Å². The van der Waals surface area contributed by atoms with Crippen molar-refractivity contribution in [3.8, 4) is 0 Å². The van der Waals surface area contributed by atoms with Crippen LogP contribution in [0.3, 0.4) is 0 Å². The van der Waals surface area contributed by atoms with E-state index in [1.807, 2.05) is 13.8 Å². The average Bonchev–Trinajstić information content (AvgIpc) is 2.39. The Bertz CT molecular complexity index is 322. The highest BCUT2D eigenvalue weighted by Crippen LogP contribution is 2.18.